The molecule has 1 fully saturated rings. The third-order valence-electron chi connectivity index (χ3n) is 2.21. The minimum Gasteiger partial charge on any atom is -0.490 e. The normalized spacial score (nSPS) is 18.3. The minimum absolute atomic E-state index is 0.106. The van der Waals surface area contributed by atoms with Crippen LogP contribution in [0.1, 0.15) is 21.1 Å². The molecule has 0 atom stereocenters. The lowest BCUT2D eigenvalue weighted by Gasteiger charge is -2.11. The van der Waals surface area contributed by atoms with Gasteiger partial charge in [-0.05, 0) is 24.8 Å². The Morgan fingerprint density at radius 1 is 1.47 bits per heavy atom. The number of ether oxygens (including phenoxy) is 1. The fourth-order valence-electron chi connectivity index (χ4n) is 1.22. The lowest BCUT2D eigenvalue weighted by Crippen LogP contribution is -2.07. The molecule has 2 N–H and O–H groups in total. The molecule has 1 aromatic carbocycles. The van der Waals surface area contributed by atoms with Crippen LogP contribution in [0.4, 0.5) is 8.78 Å². The van der Waals surface area contributed by atoms with Gasteiger partial charge >= 0.3 is 0 Å². The van der Waals surface area contributed by atoms with Gasteiger partial charge in [0.2, 0.25) is 0 Å². The molecule has 0 radical (unpaired) electrons. The maximum Gasteiger partial charge on any atom is 0.168 e. The first-order chi connectivity index (χ1) is 7.94. The number of hydrogen-bond donors (Lipinski definition) is 1. The second kappa shape index (κ2) is 4.14. The molecule has 1 aromatic rings. The molecule has 0 aromatic heterocycles. The summed E-state index contributed by atoms with van der Waals surface area (Å²) in [5, 5.41) is 0. The van der Waals surface area contributed by atoms with E-state index in [2.05, 4.69) is 0 Å². The Labute approximate surface area is 89.8 Å². The maximum atomic E-state index is 13.5. The van der Waals surface area contributed by atoms with E-state index >= 15 is 0 Å². The van der Waals surface area contributed by atoms with Crippen LogP contribution in [0.2, 0.25) is 0 Å². The van der Waals surface area contributed by atoms with Gasteiger partial charge in [0.25, 0.3) is 0 Å². The smallest absolute Gasteiger partial charge is 0.168 e. The quantitative estimate of drug-likeness (QED) is 0.835. The van der Waals surface area contributed by atoms with E-state index in [9.17, 15) is 8.78 Å². The minimum atomic E-state index is -1.93. The summed E-state index contributed by atoms with van der Waals surface area (Å²) in [7, 11) is 0. The van der Waals surface area contributed by atoms with Crippen molar-refractivity contribution < 1.29 is 16.3 Å². The first kappa shape index (κ1) is 8.05. The fourth-order valence-corrected chi connectivity index (χ4v) is 1.22. The Kier molecular flexibility index (Phi) is 2.22. The van der Waals surface area contributed by atoms with Crippen molar-refractivity contribution in [1.29, 1.82) is 0 Å². The van der Waals surface area contributed by atoms with Gasteiger partial charge in [0.05, 0.1) is 9.30 Å². The van der Waals surface area contributed by atoms with E-state index in [-0.39, 0.29) is 23.8 Å². The van der Waals surface area contributed by atoms with E-state index in [1.807, 2.05) is 0 Å². The first-order valence-electron chi connectivity index (χ1n) is 5.81. The summed E-state index contributed by atoms with van der Waals surface area (Å²) in [4.78, 5) is 0. The molecule has 2 rings (SSSR count). The molecule has 4 heteroatoms. The summed E-state index contributed by atoms with van der Waals surface area (Å²) >= 11 is 0. The van der Waals surface area contributed by atoms with Gasteiger partial charge in [0.15, 0.2) is 11.6 Å². The average Bonchev–Trinajstić information content (AvgIpc) is 3.05. The maximum absolute atomic E-state index is 13.5. The first-order valence-corrected chi connectivity index (χ1v) is 4.81. The number of rotatable bonds is 4. The van der Waals surface area contributed by atoms with Gasteiger partial charge < -0.3 is 10.5 Å². The van der Waals surface area contributed by atoms with Crippen LogP contribution >= 0.6 is 0 Å². The van der Waals surface area contributed by atoms with E-state index in [0.29, 0.717) is 18.9 Å². The molecule has 0 spiro atoms. The monoisotopic (exact) mass is 215 g/mol. The molecule has 2 nitrogen and oxygen atoms in total. The Bertz CT molecular complexity index is 436. The van der Waals surface area contributed by atoms with Crippen LogP contribution in [0.25, 0.3) is 0 Å². The zero-order chi connectivity index (χ0) is 12.6. The van der Waals surface area contributed by atoms with Crippen molar-refractivity contribution in [2.45, 2.75) is 19.4 Å². The van der Waals surface area contributed by atoms with Gasteiger partial charge in [-0.25, -0.2) is 8.78 Å². The van der Waals surface area contributed by atoms with Crippen LogP contribution in [0.5, 0.6) is 5.75 Å². The van der Waals surface area contributed by atoms with Crippen molar-refractivity contribution >= 4 is 0 Å². The van der Waals surface area contributed by atoms with Crippen LogP contribution in [-0.4, -0.2) is 6.56 Å². The molecule has 1 saturated carbocycles. The van der Waals surface area contributed by atoms with E-state index in [0.717, 1.165) is 6.07 Å². The number of halogens is 2. The highest BCUT2D eigenvalue weighted by Crippen LogP contribution is 2.31. The number of hydrogen-bond acceptors (Lipinski definition) is 2. The van der Waals surface area contributed by atoms with Crippen LogP contribution in [-0.2, 0) is 6.54 Å². The summed E-state index contributed by atoms with van der Waals surface area (Å²) in [6.45, 7) is -2.03. The Morgan fingerprint density at radius 2 is 2.20 bits per heavy atom. The van der Waals surface area contributed by atoms with Gasteiger partial charge in [0.1, 0.15) is 5.82 Å². The predicted octanol–water partition coefficient (Wildman–Crippen LogP) is 2.21. The second-order valence-electron chi connectivity index (χ2n) is 3.57. The summed E-state index contributed by atoms with van der Waals surface area (Å²) in [6, 6.07) is 1.72. The Hall–Kier alpha value is -1.16. The summed E-state index contributed by atoms with van der Waals surface area (Å²) < 4.78 is 46.8. The third-order valence-corrected chi connectivity index (χ3v) is 2.21. The standard InChI is InChI=1S/C11H13F2NO/c12-9-3-8(5-14)11(10(13)4-9)15-6-7-1-2-7/h3-4,7H,1-2,5-6,14H2/i6D2. The second-order valence-corrected chi connectivity index (χ2v) is 3.57. The SMILES string of the molecule is [2H]C([2H])(Oc1c(F)cc(F)cc1CN)C1CC1. The molecule has 15 heavy (non-hydrogen) atoms. The lowest BCUT2D eigenvalue weighted by atomic mass is 10.2. The third kappa shape index (κ3) is 2.45. The van der Waals surface area contributed by atoms with Crippen molar-refractivity contribution in [3.05, 3.63) is 29.3 Å². The van der Waals surface area contributed by atoms with E-state index in [1.54, 1.807) is 0 Å². The molecule has 82 valence electrons. The Balaban J connectivity index is 2.31. The highest BCUT2D eigenvalue weighted by atomic mass is 19.1. The number of benzene rings is 1. The largest absolute Gasteiger partial charge is 0.490 e. The van der Waals surface area contributed by atoms with Gasteiger partial charge in [-0.1, -0.05) is 0 Å². The van der Waals surface area contributed by atoms with E-state index in [4.69, 9.17) is 13.2 Å². The summed E-state index contributed by atoms with van der Waals surface area (Å²) in [5.41, 5.74) is 5.49. The summed E-state index contributed by atoms with van der Waals surface area (Å²) in [5.74, 6) is -2.18. The van der Waals surface area contributed by atoms with E-state index in [1.165, 1.54) is 0 Å². The Morgan fingerprint density at radius 3 is 2.80 bits per heavy atom. The van der Waals surface area contributed by atoms with Crippen molar-refractivity contribution in [1.82, 2.24) is 0 Å². The van der Waals surface area contributed by atoms with Gasteiger partial charge in [-0.2, -0.15) is 0 Å². The molecule has 0 bridgehead atoms. The van der Waals surface area contributed by atoms with Crippen LogP contribution < -0.4 is 10.5 Å². The number of nitrogens with two attached hydrogens (primary N) is 1. The van der Waals surface area contributed by atoms with Gasteiger partial charge in [-0.15, -0.1) is 0 Å². The predicted molar refractivity (Wildman–Crippen MR) is 52.5 cm³/mol. The fraction of sp³-hybridized carbons (Fsp3) is 0.455. The zero-order valence-electron chi connectivity index (χ0n) is 10.1. The van der Waals surface area contributed by atoms with Crippen molar-refractivity contribution in [2.75, 3.05) is 6.56 Å². The molecule has 1 aliphatic rings. The molecular weight excluding hydrogens is 200 g/mol. The van der Waals surface area contributed by atoms with Crippen LogP contribution in [0.15, 0.2) is 12.1 Å². The van der Waals surface area contributed by atoms with Crippen LogP contribution in [0, 0.1) is 17.6 Å². The molecule has 0 saturated heterocycles. The molecule has 0 unspecified atom stereocenters. The van der Waals surface area contributed by atoms with Crippen molar-refractivity contribution in [3.8, 4) is 5.75 Å². The van der Waals surface area contributed by atoms with Crippen LogP contribution in [0.3, 0.4) is 0 Å². The zero-order valence-corrected chi connectivity index (χ0v) is 8.09. The molecular formula is C11H13F2NO. The lowest BCUT2D eigenvalue weighted by molar-refractivity contribution is 0.281. The van der Waals surface area contributed by atoms with Gasteiger partial charge in [0, 0.05) is 18.2 Å². The molecule has 0 amide bonds. The molecule has 0 aliphatic heterocycles. The summed E-state index contributed by atoms with van der Waals surface area (Å²) in [6.07, 6.45) is 1.43. The topological polar surface area (TPSA) is 35.2 Å². The molecule has 1 aliphatic carbocycles. The van der Waals surface area contributed by atoms with E-state index < -0.39 is 18.2 Å². The highest BCUT2D eigenvalue weighted by Gasteiger charge is 2.23. The molecule has 0 heterocycles. The average molecular weight is 215 g/mol. The highest BCUT2D eigenvalue weighted by molar-refractivity contribution is 5.35. The van der Waals surface area contributed by atoms with Crippen molar-refractivity contribution in [2.24, 2.45) is 11.7 Å². The van der Waals surface area contributed by atoms with Crippen molar-refractivity contribution in [3.63, 3.8) is 0 Å². The van der Waals surface area contributed by atoms with Gasteiger partial charge in [-0.3, -0.25) is 0 Å².